The van der Waals surface area contributed by atoms with Gasteiger partial charge in [0.25, 0.3) is 0 Å². The van der Waals surface area contributed by atoms with E-state index in [-0.39, 0.29) is 0 Å². The lowest BCUT2D eigenvalue weighted by molar-refractivity contribution is 0.144. The summed E-state index contributed by atoms with van der Waals surface area (Å²) in [5.41, 5.74) is 9.62. The predicted molar refractivity (Wildman–Crippen MR) is 81.6 cm³/mol. The smallest absolute Gasteiger partial charge is 0.137 e. The van der Waals surface area contributed by atoms with Gasteiger partial charge in [-0.25, -0.2) is 4.98 Å². The van der Waals surface area contributed by atoms with Crippen molar-refractivity contribution in [1.29, 1.82) is 0 Å². The first kappa shape index (κ1) is 13.6. The van der Waals surface area contributed by atoms with Gasteiger partial charge in [-0.15, -0.1) is 0 Å². The molecule has 108 valence electrons. The second kappa shape index (κ2) is 5.54. The summed E-state index contributed by atoms with van der Waals surface area (Å²) in [6.07, 6.45) is 6.55. The summed E-state index contributed by atoms with van der Waals surface area (Å²) in [4.78, 5) is 7.20. The van der Waals surface area contributed by atoms with E-state index in [4.69, 9.17) is 10.7 Å². The van der Waals surface area contributed by atoms with E-state index < -0.39 is 0 Å². The maximum Gasteiger partial charge on any atom is 0.137 e. The molecule has 1 aliphatic heterocycles. The van der Waals surface area contributed by atoms with Crippen molar-refractivity contribution >= 4 is 5.65 Å². The predicted octanol–water partition coefficient (Wildman–Crippen LogP) is 2.20. The molecule has 0 aliphatic carbocycles. The van der Waals surface area contributed by atoms with Crippen molar-refractivity contribution in [2.45, 2.75) is 39.3 Å². The van der Waals surface area contributed by atoms with Crippen LogP contribution in [-0.4, -0.2) is 33.4 Å². The number of aryl methyl sites for hydroxylation is 1. The third-order valence-electron chi connectivity index (χ3n) is 4.44. The van der Waals surface area contributed by atoms with Crippen LogP contribution in [0.4, 0.5) is 0 Å². The van der Waals surface area contributed by atoms with Gasteiger partial charge in [0.1, 0.15) is 5.65 Å². The van der Waals surface area contributed by atoms with Gasteiger partial charge in [0.2, 0.25) is 0 Å². The van der Waals surface area contributed by atoms with E-state index in [9.17, 15) is 0 Å². The molecular formula is C16H24N4. The van der Waals surface area contributed by atoms with Crippen LogP contribution in [0.5, 0.6) is 0 Å². The molecule has 4 heteroatoms. The Morgan fingerprint density at radius 3 is 3.00 bits per heavy atom. The van der Waals surface area contributed by atoms with Gasteiger partial charge in [-0.1, -0.05) is 19.4 Å². The van der Waals surface area contributed by atoms with Gasteiger partial charge >= 0.3 is 0 Å². The molecule has 1 saturated heterocycles. The normalized spacial score (nSPS) is 24.4. The highest BCUT2D eigenvalue weighted by Crippen LogP contribution is 2.20. The van der Waals surface area contributed by atoms with Gasteiger partial charge < -0.3 is 10.1 Å². The number of piperidine rings is 1. The summed E-state index contributed by atoms with van der Waals surface area (Å²) < 4.78 is 2.12. The van der Waals surface area contributed by atoms with Crippen LogP contribution < -0.4 is 5.73 Å². The van der Waals surface area contributed by atoms with Crippen molar-refractivity contribution < 1.29 is 0 Å². The molecule has 1 aliphatic rings. The number of hydrogen-bond donors (Lipinski definition) is 1. The van der Waals surface area contributed by atoms with Crippen molar-refractivity contribution in [3.63, 3.8) is 0 Å². The second-order valence-corrected chi connectivity index (χ2v) is 6.06. The number of fused-ring (bicyclic) bond motifs is 1. The van der Waals surface area contributed by atoms with Crippen LogP contribution in [0.2, 0.25) is 0 Å². The molecule has 0 saturated carbocycles. The van der Waals surface area contributed by atoms with Gasteiger partial charge in [0, 0.05) is 38.1 Å². The lowest BCUT2D eigenvalue weighted by Crippen LogP contribution is -2.46. The number of nitrogens with two attached hydrogens (primary N) is 1. The molecule has 20 heavy (non-hydrogen) atoms. The van der Waals surface area contributed by atoms with E-state index in [1.165, 1.54) is 12.0 Å². The third-order valence-corrected chi connectivity index (χ3v) is 4.44. The molecule has 3 rings (SSSR count). The largest absolute Gasteiger partial charge is 0.327 e. The highest BCUT2D eigenvalue weighted by Gasteiger charge is 2.25. The first-order chi connectivity index (χ1) is 9.65. The molecule has 0 radical (unpaired) electrons. The van der Waals surface area contributed by atoms with E-state index in [0.29, 0.717) is 12.0 Å². The molecule has 2 aromatic heterocycles. The SMILES string of the molecule is CCC1CN(Cc2cn3cc(C)ccc3n2)CCC1N. The summed E-state index contributed by atoms with van der Waals surface area (Å²) in [7, 11) is 0. The van der Waals surface area contributed by atoms with Crippen LogP contribution >= 0.6 is 0 Å². The molecule has 0 spiro atoms. The second-order valence-electron chi connectivity index (χ2n) is 6.06. The third kappa shape index (κ3) is 2.72. The number of pyridine rings is 1. The average molecular weight is 272 g/mol. The van der Waals surface area contributed by atoms with Gasteiger partial charge in [0.15, 0.2) is 0 Å². The fourth-order valence-electron chi connectivity index (χ4n) is 3.16. The number of imidazole rings is 1. The number of nitrogens with zero attached hydrogens (tertiary/aromatic N) is 3. The maximum absolute atomic E-state index is 6.18. The molecule has 2 unspecified atom stereocenters. The molecule has 0 amide bonds. The van der Waals surface area contributed by atoms with Gasteiger partial charge in [-0.05, 0) is 30.9 Å². The molecule has 0 bridgehead atoms. The first-order valence-corrected chi connectivity index (χ1v) is 7.58. The molecule has 2 N–H and O–H groups in total. The zero-order chi connectivity index (χ0) is 14.1. The summed E-state index contributed by atoms with van der Waals surface area (Å²) in [6, 6.07) is 4.57. The standard InChI is InChI=1S/C16H24N4/c1-3-13-9-19(7-6-15(13)17)10-14-11-20-8-12(2)4-5-16(20)18-14/h4-5,8,11,13,15H,3,6-7,9-10,17H2,1-2H3. The number of aromatic nitrogens is 2. The van der Waals surface area contributed by atoms with Crippen LogP contribution in [0.25, 0.3) is 5.65 Å². The number of rotatable bonds is 3. The lowest BCUT2D eigenvalue weighted by Gasteiger charge is -2.36. The van der Waals surface area contributed by atoms with Crippen molar-refractivity contribution in [2.75, 3.05) is 13.1 Å². The van der Waals surface area contributed by atoms with Gasteiger partial charge in [-0.2, -0.15) is 0 Å². The monoisotopic (exact) mass is 272 g/mol. The zero-order valence-corrected chi connectivity index (χ0v) is 12.4. The minimum Gasteiger partial charge on any atom is -0.327 e. The Kier molecular flexibility index (Phi) is 3.76. The highest BCUT2D eigenvalue weighted by atomic mass is 15.2. The maximum atomic E-state index is 6.18. The minimum absolute atomic E-state index is 0.375. The van der Waals surface area contributed by atoms with Crippen LogP contribution in [-0.2, 0) is 6.54 Å². The molecule has 3 heterocycles. The molecule has 2 atom stereocenters. The molecule has 2 aromatic rings. The molecule has 1 fully saturated rings. The van der Waals surface area contributed by atoms with Crippen molar-refractivity contribution in [2.24, 2.45) is 11.7 Å². The zero-order valence-electron chi connectivity index (χ0n) is 12.4. The molecular weight excluding hydrogens is 248 g/mol. The Labute approximate surface area is 120 Å². The lowest BCUT2D eigenvalue weighted by atomic mass is 9.91. The van der Waals surface area contributed by atoms with E-state index in [0.717, 1.165) is 37.4 Å². The van der Waals surface area contributed by atoms with Crippen LogP contribution in [0.3, 0.4) is 0 Å². The summed E-state index contributed by atoms with van der Waals surface area (Å²) >= 11 is 0. The minimum atomic E-state index is 0.375. The van der Waals surface area contributed by atoms with E-state index in [1.807, 2.05) is 0 Å². The Bertz CT molecular complexity index is 589. The van der Waals surface area contributed by atoms with Gasteiger partial charge in [0.05, 0.1) is 5.69 Å². The number of hydrogen-bond acceptors (Lipinski definition) is 3. The Balaban J connectivity index is 1.73. The fraction of sp³-hybridized carbons (Fsp3) is 0.562. The van der Waals surface area contributed by atoms with Crippen LogP contribution in [0.1, 0.15) is 31.0 Å². The van der Waals surface area contributed by atoms with E-state index >= 15 is 0 Å². The van der Waals surface area contributed by atoms with Crippen molar-refractivity contribution in [1.82, 2.24) is 14.3 Å². The Hall–Kier alpha value is -1.39. The number of likely N-dealkylation sites (tertiary alicyclic amines) is 1. The van der Waals surface area contributed by atoms with Crippen molar-refractivity contribution in [3.8, 4) is 0 Å². The Morgan fingerprint density at radius 1 is 1.35 bits per heavy atom. The Morgan fingerprint density at radius 2 is 2.20 bits per heavy atom. The molecule has 0 aromatic carbocycles. The van der Waals surface area contributed by atoms with E-state index in [1.54, 1.807) is 0 Å². The molecule has 4 nitrogen and oxygen atoms in total. The van der Waals surface area contributed by atoms with Crippen molar-refractivity contribution in [3.05, 3.63) is 35.8 Å². The summed E-state index contributed by atoms with van der Waals surface area (Å²) in [5, 5.41) is 0. The highest BCUT2D eigenvalue weighted by molar-refractivity contribution is 5.41. The quantitative estimate of drug-likeness (QED) is 0.932. The average Bonchev–Trinajstić information content (AvgIpc) is 2.82. The first-order valence-electron chi connectivity index (χ1n) is 7.58. The van der Waals surface area contributed by atoms with E-state index in [2.05, 4.69) is 47.7 Å². The van der Waals surface area contributed by atoms with Gasteiger partial charge in [-0.3, -0.25) is 4.90 Å². The topological polar surface area (TPSA) is 46.6 Å². The summed E-state index contributed by atoms with van der Waals surface area (Å²) in [5.74, 6) is 0.628. The van der Waals surface area contributed by atoms with Crippen LogP contribution in [0.15, 0.2) is 24.5 Å². The summed E-state index contributed by atoms with van der Waals surface area (Å²) in [6.45, 7) is 7.47. The van der Waals surface area contributed by atoms with Crippen LogP contribution in [0, 0.1) is 12.8 Å². The fourth-order valence-corrected chi connectivity index (χ4v) is 3.16.